The van der Waals surface area contributed by atoms with Gasteiger partial charge in [-0.25, -0.2) is 4.79 Å². The van der Waals surface area contributed by atoms with Crippen LogP contribution in [0.4, 0.5) is 0 Å². The van der Waals surface area contributed by atoms with Crippen LogP contribution in [-0.4, -0.2) is 57.5 Å². The van der Waals surface area contributed by atoms with Crippen LogP contribution in [0.2, 0.25) is 6.04 Å². The van der Waals surface area contributed by atoms with Crippen molar-refractivity contribution >= 4 is 14.8 Å². The first-order chi connectivity index (χ1) is 12.5. The van der Waals surface area contributed by atoms with Crippen LogP contribution in [0.3, 0.4) is 0 Å². The Morgan fingerprint density at radius 1 is 1.04 bits per heavy atom. The number of benzene rings is 1. The Kier molecular flexibility index (Phi) is 10.4. The molecule has 26 heavy (non-hydrogen) atoms. The second kappa shape index (κ2) is 12.0. The molecule has 1 rings (SSSR count). The zero-order chi connectivity index (χ0) is 19.4. The molecule has 0 heterocycles. The van der Waals surface area contributed by atoms with Gasteiger partial charge in [0.25, 0.3) is 0 Å². The highest BCUT2D eigenvalue weighted by Gasteiger charge is 2.39. The summed E-state index contributed by atoms with van der Waals surface area (Å²) in [4.78, 5) is 11.9. The Bertz CT molecular complexity index is 504. The number of aliphatic hydroxyl groups is 1. The molecule has 0 bridgehead atoms. The number of carbonyl (C=O) groups excluding carboxylic acids is 1. The molecule has 1 aromatic rings. The molecular formula is C18H30O7Si. The molecule has 0 amide bonds. The first kappa shape index (κ1) is 22.6. The van der Waals surface area contributed by atoms with Crippen molar-refractivity contribution in [2.75, 3.05) is 26.4 Å². The first-order valence-corrected chi connectivity index (χ1v) is 11.0. The van der Waals surface area contributed by atoms with Gasteiger partial charge in [0.05, 0.1) is 11.7 Å². The third-order valence-electron chi connectivity index (χ3n) is 3.62. The normalized spacial score (nSPS) is 12.8. The Hall–Kier alpha value is -1.45. The number of esters is 1. The van der Waals surface area contributed by atoms with E-state index in [2.05, 4.69) is 0 Å². The molecule has 0 fully saturated rings. The van der Waals surface area contributed by atoms with E-state index < -0.39 is 20.9 Å². The topological polar surface area (TPSA) is 94.5 Å². The van der Waals surface area contributed by atoms with Gasteiger partial charge in [0, 0.05) is 25.9 Å². The predicted octanol–water partition coefficient (Wildman–Crippen LogP) is 2.74. The Morgan fingerprint density at radius 3 is 2.08 bits per heavy atom. The van der Waals surface area contributed by atoms with Gasteiger partial charge in [-0.05, 0) is 57.9 Å². The standard InChI is InChI=1S/C18H30O7Si/c1-4-23-26(24-5-2,25-6-3)13-7-8-17(20)14-22-18(21)15-9-11-16(19)12-10-15/h9-12,17,19-20H,4-8,13-14H2,1-3H3. The molecule has 7 nitrogen and oxygen atoms in total. The van der Waals surface area contributed by atoms with Crippen molar-refractivity contribution in [3.05, 3.63) is 29.8 Å². The lowest BCUT2D eigenvalue weighted by molar-refractivity contribution is 0.0227. The van der Waals surface area contributed by atoms with Crippen LogP contribution in [0.5, 0.6) is 5.75 Å². The number of hydrogen-bond acceptors (Lipinski definition) is 7. The van der Waals surface area contributed by atoms with Gasteiger partial charge in [0.1, 0.15) is 12.4 Å². The maximum atomic E-state index is 11.9. The molecule has 1 atom stereocenters. The molecule has 0 saturated carbocycles. The van der Waals surface area contributed by atoms with Crippen LogP contribution in [0.1, 0.15) is 44.0 Å². The van der Waals surface area contributed by atoms with Crippen molar-refractivity contribution < 1.29 is 33.0 Å². The maximum Gasteiger partial charge on any atom is 0.500 e. The van der Waals surface area contributed by atoms with Crippen molar-refractivity contribution in [3.8, 4) is 5.75 Å². The van der Waals surface area contributed by atoms with E-state index in [4.69, 9.17) is 18.0 Å². The average molecular weight is 387 g/mol. The highest BCUT2D eigenvalue weighted by Crippen LogP contribution is 2.20. The monoisotopic (exact) mass is 386 g/mol. The molecule has 148 valence electrons. The van der Waals surface area contributed by atoms with Gasteiger partial charge < -0.3 is 28.2 Å². The maximum absolute atomic E-state index is 11.9. The lowest BCUT2D eigenvalue weighted by Gasteiger charge is -2.28. The van der Waals surface area contributed by atoms with Gasteiger partial charge in [-0.1, -0.05) is 0 Å². The summed E-state index contributed by atoms with van der Waals surface area (Å²) in [5.41, 5.74) is 0.325. The molecule has 0 aromatic heterocycles. The largest absolute Gasteiger partial charge is 0.508 e. The molecule has 0 aliphatic heterocycles. The highest BCUT2D eigenvalue weighted by molar-refractivity contribution is 6.60. The fourth-order valence-corrected chi connectivity index (χ4v) is 5.13. The SMILES string of the molecule is CCO[Si](CCCC(O)COC(=O)c1ccc(O)cc1)(OCC)OCC. The molecule has 0 radical (unpaired) electrons. The second-order valence-corrected chi connectivity index (χ2v) is 8.41. The lowest BCUT2D eigenvalue weighted by Crippen LogP contribution is -2.46. The number of phenolic OH excluding ortho intramolecular Hbond substituents is 1. The van der Waals surface area contributed by atoms with Crippen molar-refractivity contribution in [1.82, 2.24) is 0 Å². The van der Waals surface area contributed by atoms with E-state index in [0.717, 1.165) is 0 Å². The van der Waals surface area contributed by atoms with Crippen molar-refractivity contribution in [2.24, 2.45) is 0 Å². The Labute approximate surface area is 156 Å². The average Bonchev–Trinajstić information content (AvgIpc) is 2.61. The molecule has 1 unspecified atom stereocenters. The number of aromatic hydroxyl groups is 1. The number of ether oxygens (including phenoxy) is 1. The van der Waals surface area contributed by atoms with Crippen molar-refractivity contribution in [2.45, 2.75) is 45.8 Å². The zero-order valence-corrected chi connectivity index (χ0v) is 16.8. The van der Waals surface area contributed by atoms with Crippen LogP contribution >= 0.6 is 0 Å². The van der Waals surface area contributed by atoms with Crippen molar-refractivity contribution in [3.63, 3.8) is 0 Å². The van der Waals surface area contributed by atoms with Gasteiger partial charge in [-0.3, -0.25) is 0 Å². The van der Waals surface area contributed by atoms with E-state index in [9.17, 15) is 15.0 Å². The van der Waals surface area contributed by atoms with Crippen molar-refractivity contribution in [1.29, 1.82) is 0 Å². The number of rotatable bonds is 13. The highest BCUT2D eigenvalue weighted by atomic mass is 28.4. The van der Waals surface area contributed by atoms with Gasteiger partial charge in [0.15, 0.2) is 0 Å². The minimum Gasteiger partial charge on any atom is -0.508 e. The van der Waals surface area contributed by atoms with Crippen LogP contribution in [0.15, 0.2) is 24.3 Å². The quantitative estimate of drug-likeness (QED) is 0.397. The molecule has 1 aromatic carbocycles. The molecule has 2 N–H and O–H groups in total. The predicted molar refractivity (Wildman–Crippen MR) is 99.1 cm³/mol. The summed E-state index contributed by atoms with van der Waals surface area (Å²) in [5, 5.41) is 19.3. The fourth-order valence-electron chi connectivity index (χ4n) is 2.49. The van der Waals surface area contributed by atoms with E-state index in [-0.39, 0.29) is 12.4 Å². The van der Waals surface area contributed by atoms with Crippen LogP contribution in [0.25, 0.3) is 0 Å². The number of hydrogen-bond donors (Lipinski definition) is 2. The zero-order valence-electron chi connectivity index (χ0n) is 15.8. The van der Waals surface area contributed by atoms with E-state index >= 15 is 0 Å². The fraction of sp³-hybridized carbons (Fsp3) is 0.611. The number of phenols is 1. The van der Waals surface area contributed by atoms with E-state index in [1.165, 1.54) is 24.3 Å². The summed E-state index contributed by atoms with van der Waals surface area (Å²) in [5.74, 6) is -0.460. The summed E-state index contributed by atoms with van der Waals surface area (Å²) in [6, 6.07) is 6.36. The molecule has 0 aliphatic carbocycles. The molecule has 0 spiro atoms. The third kappa shape index (κ3) is 7.84. The van der Waals surface area contributed by atoms with Gasteiger partial charge in [-0.15, -0.1) is 0 Å². The Balaban J connectivity index is 2.40. The minimum absolute atomic E-state index is 0.0760. The van der Waals surface area contributed by atoms with Gasteiger partial charge in [-0.2, -0.15) is 0 Å². The van der Waals surface area contributed by atoms with Crippen LogP contribution < -0.4 is 0 Å². The number of aliphatic hydroxyl groups excluding tert-OH is 1. The summed E-state index contributed by atoms with van der Waals surface area (Å²) in [6.45, 7) is 7.15. The molecule has 8 heteroatoms. The summed E-state index contributed by atoms with van der Waals surface area (Å²) in [6.07, 6.45) is 0.322. The molecular weight excluding hydrogens is 356 g/mol. The second-order valence-electron chi connectivity index (χ2n) is 5.67. The number of carbonyl (C=O) groups is 1. The summed E-state index contributed by atoms with van der Waals surface area (Å²) in [7, 11) is -2.71. The van der Waals surface area contributed by atoms with Gasteiger partial charge >= 0.3 is 14.8 Å². The lowest BCUT2D eigenvalue weighted by atomic mass is 10.2. The summed E-state index contributed by atoms with van der Waals surface area (Å²) < 4.78 is 22.4. The third-order valence-corrected chi connectivity index (χ3v) is 6.77. The summed E-state index contributed by atoms with van der Waals surface area (Å²) >= 11 is 0. The first-order valence-electron chi connectivity index (χ1n) is 9.02. The molecule has 0 aliphatic rings. The molecule has 0 saturated heterocycles. The minimum atomic E-state index is -2.71. The Morgan fingerprint density at radius 2 is 1.58 bits per heavy atom. The van der Waals surface area contributed by atoms with E-state index in [0.29, 0.717) is 44.3 Å². The van der Waals surface area contributed by atoms with E-state index in [1.807, 2.05) is 20.8 Å². The smallest absolute Gasteiger partial charge is 0.500 e. The van der Waals surface area contributed by atoms with Gasteiger partial charge in [0.2, 0.25) is 0 Å². The van der Waals surface area contributed by atoms with Crippen LogP contribution in [0, 0.1) is 0 Å². The van der Waals surface area contributed by atoms with E-state index in [1.54, 1.807) is 0 Å². The van der Waals surface area contributed by atoms with Crippen LogP contribution in [-0.2, 0) is 18.0 Å².